The van der Waals surface area contributed by atoms with Crippen LogP contribution in [-0.4, -0.2) is 26.5 Å². The van der Waals surface area contributed by atoms with Gasteiger partial charge in [-0.3, -0.25) is 0 Å². The Morgan fingerprint density at radius 2 is 1.71 bits per heavy atom. The molecule has 0 radical (unpaired) electrons. The summed E-state index contributed by atoms with van der Waals surface area (Å²) in [5.41, 5.74) is 2.25. The largest absolute Gasteiger partial charge is 0.493 e. The number of oxime groups is 1. The molecular formula is C20H31NO3. The topological polar surface area (TPSA) is 40.0 Å². The van der Waals surface area contributed by atoms with Crippen molar-refractivity contribution in [1.82, 2.24) is 0 Å². The molecule has 0 aliphatic carbocycles. The first-order valence-corrected chi connectivity index (χ1v) is 8.72. The summed E-state index contributed by atoms with van der Waals surface area (Å²) in [6.45, 7) is 7.49. The van der Waals surface area contributed by atoms with E-state index >= 15 is 0 Å². The quantitative estimate of drug-likeness (QED) is 0.228. The zero-order valence-corrected chi connectivity index (χ0v) is 15.5. The molecule has 0 atom stereocenters. The smallest absolute Gasteiger partial charge is 0.125 e. The fraction of sp³-hybridized carbons (Fsp3) is 0.550. The highest BCUT2D eigenvalue weighted by Crippen LogP contribution is 2.28. The molecule has 0 saturated carbocycles. The van der Waals surface area contributed by atoms with Crippen LogP contribution in [0.4, 0.5) is 0 Å². The number of unbranched alkanes of at least 4 members (excludes halogenated alkanes) is 4. The maximum atomic E-state index is 5.98. The van der Waals surface area contributed by atoms with Crippen LogP contribution in [0.15, 0.2) is 29.4 Å². The fourth-order valence-electron chi connectivity index (χ4n) is 2.45. The minimum absolute atomic E-state index is 0.602. The van der Waals surface area contributed by atoms with Gasteiger partial charge in [0, 0.05) is 6.21 Å². The van der Waals surface area contributed by atoms with Gasteiger partial charge in [-0.15, -0.1) is 0 Å². The Hall–Kier alpha value is -1.97. The van der Waals surface area contributed by atoms with Crippen LogP contribution in [0.1, 0.15) is 50.2 Å². The van der Waals surface area contributed by atoms with Crippen LogP contribution in [0.5, 0.6) is 11.5 Å². The average molecular weight is 333 g/mol. The lowest BCUT2D eigenvalue weighted by Gasteiger charge is -2.14. The molecule has 4 nitrogen and oxygen atoms in total. The van der Waals surface area contributed by atoms with Crippen LogP contribution in [-0.2, 0) is 4.84 Å². The summed E-state index contributed by atoms with van der Waals surface area (Å²) in [7, 11) is 1.57. The highest BCUT2D eigenvalue weighted by molar-refractivity contribution is 5.56. The SMILES string of the molecule is C/C=C/COc1cc(C)c(OCCCCCC/C=N/OC)c(C)c1. The molecule has 0 aliphatic rings. The Balaban J connectivity index is 2.31. The van der Waals surface area contributed by atoms with Crippen molar-refractivity contribution in [3.8, 4) is 11.5 Å². The van der Waals surface area contributed by atoms with Gasteiger partial charge in [0.2, 0.25) is 0 Å². The molecule has 1 rings (SSSR count). The summed E-state index contributed by atoms with van der Waals surface area (Å²) in [6, 6.07) is 4.09. The Bertz CT molecular complexity index is 501. The van der Waals surface area contributed by atoms with Crippen LogP contribution in [0, 0.1) is 13.8 Å². The van der Waals surface area contributed by atoms with E-state index in [1.54, 1.807) is 7.11 Å². The van der Waals surface area contributed by atoms with Crippen molar-refractivity contribution in [3.05, 3.63) is 35.4 Å². The minimum Gasteiger partial charge on any atom is -0.493 e. The van der Waals surface area contributed by atoms with E-state index in [9.17, 15) is 0 Å². The first-order chi connectivity index (χ1) is 11.7. The molecule has 4 heteroatoms. The van der Waals surface area contributed by atoms with E-state index in [-0.39, 0.29) is 0 Å². The number of hydrogen-bond donors (Lipinski definition) is 0. The molecule has 1 aromatic carbocycles. The second kappa shape index (κ2) is 12.5. The number of hydrogen-bond acceptors (Lipinski definition) is 4. The Kier molecular flexibility index (Phi) is 10.4. The Morgan fingerprint density at radius 1 is 1.00 bits per heavy atom. The zero-order valence-electron chi connectivity index (χ0n) is 15.5. The van der Waals surface area contributed by atoms with Crippen LogP contribution in [0.25, 0.3) is 0 Å². The third-order valence-corrected chi connectivity index (χ3v) is 3.67. The van der Waals surface area contributed by atoms with Gasteiger partial charge in [-0.25, -0.2) is 0 Å². The second-order valence-corrected chi connectivity index (χ2v) is 5.79. The van der Waals surface area contributed by atoms with Gasteiger partial charge < -0.3 is 14.3 Å². The third-order valence-electron chi connectivity index (χ3n) is 3.67. The van der Waals surface area contributed by atoms with Gasteiger partial charge in [0.25, 0.3) is 0 Å². The number of nitrogens with zero attached hydrogens (tertiary/aromatic N) is 1. The van der Waals surface area contributed by atoms with Gasteiger partial charge in [-0.2, -0.15) is 0 Å². The lowest BCUT2D eigenvalue weighted by atomic mass is 10.1. The molecule has 134 valence electrons. The molecule has 0 heterocycles. The summed E-state index contributed by atoms with van der Waals surface area (Å²) >= 11 is 0. The zero-order chi connectivity index (χ0) is 17.6. The molecule has 0 saturated heterocycles. The first kappa shape index (κ1) is 20.1. The first-order valence-electron chi connectivity index (χ1n) is 8.72. The lowest BCUT2D eigenvalue weighted by Crippen LogP contribution is -2.02. The van der Waals surface area contributed by atoms with Crippen LogP contribution >= 0.6 is 0 Å². The van der Waals surface area contributed by atoms with E-state index in [4.69, 9.17) is 9.47 Å². The monoisotopic (exact) mass is 333 g/mol. The maximum absolute atomic E-state index is 5.98. The standard InChI is InChI=1S/C20H31NO3/c1-5-6-13-23-19-15-17(2)20(18(3)16-19)24-14-11-9-7-8-10-12-21-22-4/h5-6,12,15-16H,7-11,13-14H2,1-4H3/b6-5+,21-12+. The van der Waals surface area contributed by atoms with Crippen LogP contribution < -0.4 is 9.47 Å². The normalized spacial score (nSPS) is 11.3. The second-order valence-electron chi connectivity index (χ2n) is 5.79. The number of allylic oxidation sites excluding steroid dienone is 1. The van der Waals surface area contributed by atoms with Crippen molar-refractivity contribution < 1.29 is 14.3 Å². The third kappa shape index (κ3) is 8.04. The van der Waals surface area contributed by atoms with E-state index in [0.29, 0.717) is 6.61 Å². The number of rotatable bonds is 12. The van der Waals surface area contributed by atoms with Crippen molar-refractivity contribution in [1.29, 1.82) is 0 Å². The van der Waals surface area contributed by atoms with Gasteiger partial charge in [-0.05, 0) is 63.3 Å². The van der Waals surface area contributed by atoms with Gasteiger partial charge in [0.1, 0.15) is 25.2 Å². The molecule has 0 unspecified atom stereocenters. The van der Waals surface area contributed by atoms with Crippen molar-refractivity contribution in [2.24, 2.45) is 5.16 Å². The molecular weight excluding hydrogens is 302 g/mol. The predicted octanol–water partition coefficient (Wildman–Crippen LogP) is 5.22. The van der Waals surface area contributed by atoms with Gasteiger partial charge in [0.05, 0.1) is 6.61 Å². The molecule has 0 fully saturated rings. The summed E-state index contributed by atoms with van der Waals surface area (Å²) in [6.07, 6.45) is 11.4. The van der Waals surface area contributed by atoms with E-state index < -0.39 is 0 Å². The Labute approximate surface area is 146 Å². The Morgan fingerprint density at radius 3 is 2.38 bits per heavy atom. The number of benzene rings is 1. The average Bonchev–Trinajstić information content (AvgIpc) is 2.55. The maximum Gasteiger partial charge on any atom is 0.125 e. The molecule has 0 amide bonds. The molecule has 0 spiro atoms. The predicted molar refractivity (Wildman–Crippen MR) is 100 cm³/mol. The molecule has 0 aromatic heterocycles. The van der Waals surface area contributed by atoms with E-state index in [2.05, 4.69) is 23.8 Å². The van der Waals surface area contributed by atoms with E-state index in [0.717, 1.165) is 48.5 Å². The molecule has 24 heavy (non-hydrogen) atoms. The van der Waals surface area contributed by atoms with Crippen molar-refractivity contribution >= 4 is 6.21 Å². The molecule has 0 aliphatic heterocycles. The van der Waals surface area contributed by atoms with E-state index in [1.807, 2.05) is 37.4 Å². The van der Waals surface area contributed by atoms with Crippen LogP contribution in [0.3, 0.4) is 0 Å². The van der Waals surface area contributed by atoms with Gasteiger partial charge in [-0.1, -0.05) is 30.1 Å². The number of aryl methyl sites for hydroxylation is 2. The van der Waals surface area contributed by atoms with Gasteiger partial charge >= 0.3 is 0 Å². The van der Waals surface area contributed by atoms with E-state index in [1.165, 1.54) is 12.8 Å². The highest BCUT2D eigenvalue weighted by Gasteiger charge is 2.07. The summed E-state index contributed by atoms with van der Waals surface area (Å²) in [5, 5.41) is 3.73. The van der Waals surface area contributed by atoms with Crippen LogP contribution in [0.2, 0.25) is 0 Å². The number of ether oxygens (including phenoxy) is 2. The summed E-state index contributed by atoms with van der Waals surface area (Å²) in [5.74, 6) is 1.88. The molecule has 0 N–H and O–H groups in total. The van der Waals surface area contributed by atoms with Crippen molar-refractivity contribution in [2.75, 3.05) is 20.3 Å². The molecule has 0 bridgehead atoms. The highest BCUT2D eigenvalue weighted by atomic mass is 16.6. The lowest BCUT2D eigenvalue weighted by molar-refractivity contribution is 0.214. The summed E-state index contributed by atoms with van der Waals surface area (Å²) < 4.78 is 11.7. The van der Waals surface area contributed by atoms with Crippen molar-refractivity contribution in [3.63, 3.8) is 0 Å². The summed E-state index contributed by atoms with van der Waals surface area (Å²) in [4.78, 5) is 4.63. The molecule has 1 aromatic rings. The minimum atomic E-state index is 0.602. The fourth-order valence-corrected chi connectivity index (χ4v) is 2.45. The van der Waals surface area contributed by atoms with Gasteiger partial charge in [0.15, 0.2) is 0 Å². The van der Waals surface area contributed by atoms with Crippen molar-refractivity contribution in [2.45, 2.75) is 52.9 Å².